The van der Waals surface area contributed by atoms with Crippen LogP contribution in [0, 0.1) is 0 Å². The Labute approximate surface area is 222 Å². The highest BCUT2D eigenvalue weighted by molar-refractivity contribution is 5.92. The van der Waals surface area contributed by atoms with Gasteiger partial charge < -0.3 is 14.8 Å². The van der Waals surface area contributed by atoms with Crippen LogP contribution in [-0.4, -0.2) is 23.9 Å². The summed E-state index contributed by atoms with van der Waals surface area (Å²) < 4.78 is 10.9. The van der Waals surface area contributed by atoms with E-state index in [0.29, 0.717) is 0 Å². The number of nitrogens with one attached hydrogen (secondary N) is 1. The minimum atomic E-state index is -1.22. The van der Waals surface area contributed by atoms with Crippen molar-refractivity contribution in [1.82, 2.24) is 5.32 Å². The average Bonchev–Trinajstić information content (AvgIpc) is 2.97. The number of carbonyl (C=O) groups is 3. The lowest BCUT2D eigenvalue weighted by Crippen LogP contribution is -2.45. The number of benzene rings is 4. The van der Waals surface area contributed by atoms with Crippen molar-refractivity contribution in [3.8, 4) is 0 Å². The van der Waals surface area contributed by atoms with Crippen molar-refractivity contribution in [2.24, 2.45) is 0 Å². The maximum atomic E-state index is 13.6. The second kappa shape index (κ2) is 13.6. The quantitative estimate of drug-likeness (QED) is 0.283. The number of ether oxygens (including phenoxy) is 2. The molecule has 0 spiro atoms. The fourth-order valence-corrected chi connectivity index (χ4v) is 4.03. The van der Waals surface area contributed by atoms with E-state index in [1.54, 1.807) is 0 Å². The summed E-state index contributed by atoms with van der Waals surface area (Å²) in [6.45, 7) is 0.0853. The van der Waals surface area contributed by atoms with Crippen LogP contribution in [0.3, 0.4) is 0 Å². The van der Waals surface area contributed by atoms with Gasteiger partial charge in [0.05, 0.1) is 12.3 Å². The highest BCUT2D eigenvalue weighted by atomic mass is 16.5. The summed E-state index contributed by atoms with van der Waals surface area (Å²) in [4.78, 5) is 39.5. The summed E-state index contributed by atoms with van der Waals surface area (Å²) in [5.41, 5.74) is 3.14. The SMILES string of the molecule is O=C(C[C@@H](NC(=O)C(c1ccccc1)c1ccccc1)C(=O)OCc1ccccc1)OCc1ccccc1. The van der Waals surface area contributed by atoms with Gasteiger partial charge in [0.25, 0.3) is 0 Å². The van der Waals surface area contributed by atoms with Crippen LogP contribution in [0.5, 0.6) is 0 Å². The highest BCUT2D eigenvalue weighted by Gasteiger charge is 2.31. The van der Waals surface area contributed by atoms with E-state index in [9.17, 15) is 14.4 Å². The summed E-state index contributed by atoms with van der Waals surface area (Å²) in [6, 6.07) is 35.8. The maximum Gasteiger partial charge on any atom is 0.329 e. The van der Waals surface area contributed by atoms with Crippen LogP contribution in [0.15, 0.2) is 121 Å². The lowest BCUT2D eigenvalue weighted by molar-refractivity contribution is -0.155. The number of hydrogen-bond acceptors (Lipinski definition) is 5. The molecule has 0 saturated carbocycles. The van der Waals surface area contributed by atoms with Crippen molar-refractivity contribution < 1.29 is 23.9 Å². The van der Waals surface area contributed by atoms with Gasteiger partial charge in [0.15, 0.2) is 0 Å². The lowest BCUT2D eigenvalue weighted by atomic mass is 9.90. The largest absolute Gasteiger partial charge is 0.461 e. The summed E-state index contributed by atoms with van der Waals surface area (Å²) in [5.74, 6) is -2.42. The molecule has 0 aliphatic heterocycles. The Hall–Kier alpha value is -4.71. The Morgan fingerprint density at radius 1 is 0.579 bits per heavy atom. The van der Waals surface area contributed by atoms with Gasteiger partial charge in [-0.3, -0.25) is 9.59 Å². The first-order chi connectivity index (χ1) is 18.6. The van der Waals surface area contributed by atoms with E-state index in [-0.39, 0.29) is 19.6 Å². The van der Waals surface area contributed by atoms with Crippen LogP contribution in [0.1, 0.15) is 34.6 Å². The topological polar surface area (TPSA) is 81.7 Å². The van der Waals surface area contributed by atoms with Crippen molar-refractivity contribution in [2.45, 2.75) is 31.6 Å². The zero-order valence-corrected chi connectivity index (χ0v) is 20.9. The van der Waals surface area contributed by atoms with Crippen LogP contribution in [0.4, 0.5) is 0 Å². The van der Waals surface area contributed by atoms with Gasteiger partial charge in [-0.05, 0) is 22.3 Å². The van der Waals surface area contributed by atoms with Crippen molar-refractivity contribution in [1.29, 1.82) is 0 Å². The van der Waals surface area contributed by atoms with Gasteiger partial charge in [-0.1, -0.05) is 121 Å². The molecule has 0 fully saturated rings. The smallest absolute Gasteiger partial charge is 0.329 e. The third-order valence-electron chi connectivity index (χ3n) is 5.97. The highest BCUT2D eigenvalue weighted by Crippen LogP contribution is 2.25. The average molecular weight is 508 g/mol. The second-order valence-corrected chi connectivity index (χ2v) is 8.76. The Kier molecular flexibility index (Phi) is 9.40. The summed E-state index contributed by atoms with van der Waals surface area (Å²) in [6.07, 6.45) is -0.359. The van der Waals surface area contributed by atoms with Crippen molar-refractivity contribution in [3.63, 3.8) is 0 Å². The van der Waals surface area contributed by atoms with E-state index < -0.39 is 29.8 Å². The van der Waals surface area contributed by atoms with Gasteiger partial charge in [0, 0.05) is 0 Å². The van der Waals surface area contributed by atoms with Crippen LogP contribution >= 0.6 is 0 Å². The summed E-state index contributed by atoms with van der Waals surface area (Å²) >= 11 is 0. The molecule has 0 aliphatic rings. The van der Waals surface area contributed by atoms with E-state index in [1.165, 1.54) is 0 Å². The van der Waals surface area contributed by atoms with E-state index in [1.807, 2.05) is 121 Å². The molecular weight excluding hydrogens is 478 g/mol. The third kappa shape index (κ3) is 7.64. The van der Waals surface area contributed by atoms with E-state index in [2.05, 4.69) is 5.32 Å². The molecule has 192 valence electrons. The Morgan fingerprint density at radius 3 is 1.47 bits per heavy atom. The first kappa shape index (κ1) is 26.4. The summed E-state index contributed by atoms with van der Waals surface area (Å²) in [5, 5.41) is 2.76. The van der Waals surface area contributed by atoms with E-state index >= 15 is 0 Å². The number of rotatable bonds is 11. The Morgan fingerprint density at radius 2 is 1.00 bits per heavy atom. The molecule has 0 radical (unpaired) electrons. The number of carbonyl (C=O) groups excluding carboxylic acids is 3. The normalized spacial score (nSPS) is 11.4. The molecule has 1 atom stereocenters. The van der Waals surface area contributed by atoms with Crippen LogP contribution in [-0.2, 0) is 37.1 Å². The van der Waals surface area contributed by atoms with Crippen LogP contribution in [0.2, 0.25) is 0 Å². The number of amides is 1. The van der Waals surface area contributed by atoms with Gasteiger partial charge in [-0.15, -0.1) is 0 Å². The van der Waals surface area contributed by atoms with Crippen molar-refractivity contribution in [3.05, 3.63) is 144 Å². The minimum Gasteiger partial charge on any atom is -0.461 e. The molecule has 4 aromatic rings. The van der Waals surface area contributed by atoms with Crippen molar-refractivity contribution in [2.75, 3.05) is 0 Å². The molecule has 6 heteroatoms. The van der Waals surface area contributed by atoms with Gasteiger partial charge >= 0.3 is 11.9 Å². The monoisotopic (exact) mass is 507 g/mol. The van der Waals surface area contributed by atoms with Gasteiger partial charge in [0.2, 0.25) is 5.91 Å². The molecule has 0 aromatic heterocycles. The first-order valence-corrected chi connectivity index (χ1v) is 12.4. The van der Waals surface area contributed by atoms with E-state index in [0.717, 1.165) is 22.3 Å². The zero-order valence-electron chi connectivity index (χ0n) is 20.9. The first-order valence-electron chi connectivity index (χ1n) is 12.4. The van der Waals surface area contributed by atoms with Gasteiger partial charge in [0.1, 0.15) is 19.3 Å². The molecule has 4 aromatic carbocycles. The lowest BCUT2D eigenvalue weighted by Gasteiger charge is -2.22. The predicted octanol–water partition coefficient (Wildman–Crippen LogP) is 5.18. The summed E-state index contributed by atoms with van der Waals surface area (Å²) in [7, 11) is 0. The van der Waals surface area contributed by atoms with E-state index in [4.69, 9.17) is 9.47 Å². The molecule has 0 aliphatic carbocycles. The maximum absolute atomic E-state index is 13.6. The Balaban J connectivity index is 1.51. The van der Waals surface area contributed by atoms with Crippen molar-refractivity contribution >= 4 is 17.8 Å². The molecule has 0 bridgehead atoms. The fraction of sp³-hybridized carbons (Fsp3) is 0.156. The number of hydrogen-bond donors (Lipinski definition) is 1. The standard InChI is InChI=1S/C32H29NO5/c34-29(37-22-24-13-5-1-6-14-24)21-28(32(36)38-23-25-15-7-2-8-16-25)33-31(35)30(26-17-9-3-10-18-26)27-19-11-4-12-20-27/h1-20,28,30H,21-23H2,(H,33,35)/t28-/m1/s1. The number of esters is 2. The zero-order chi connectivity index (χ0) is 26.6. The molecule has 6 nitrogen and oxygen atoms in total. The third-order valence-corrected chi connectivity index (χ3v) is 5.97. The molecular formula is C32H29NO5. The minimum absolute atomic E-state index is 0.0197. The van der Waals surface area contributed by atoms with Crippen LogP contribution in [0.25, 0.3) is 0 Å². The molecule has 4 rings (SSSR count). The molecule has 0 saturated heterocycles. The van der Waals surface area contributed by atoms with Gasteiger partial charge in [-0.2, -0.15) is 0 Å². The Bertz CT molecular complexity index is 1270. The van der Waals surface area contributed by atoms with Gasteiger partial charge in [-0.25, -0.2) is 4.79 Å². The molecule has 0 heterocycles. The molecule has 1 amide bonds. The fourth-order valence-electron chi connectivity index (χ4n) is 4.03. The predicted molar refractivity (Wildman–Crippen MR) is 144 cm³/mol. The molecule has 38 heavy (non-hydrogen) atoms. The second-order valence-electron chi connectivity index (χ2n) is 8.76. The molecule has 0 unspecified atom stereocenters. The molecule has 1 N–H and O–H groups in total. The van der Waals surface area contributed by atoms with Crippen LogP contribution < -0.4 is 5.32 Å².